The van der Waals surface area contributed by atoms with Crippen LogP contribution in [-0.4, -0.2) is 30.0 Å². The van der Waals surface area contributed by atoms with E-state index in [-0.39, 0.29) is 6.61 Å². The fourth-order valence-corrected chi connectivity index (χ4v) is 1.22. The third-order valence-corrected chi connectivity index (χ3v) is 2.25. The first-order chi connectivity index (χ1) is 7.88. The van der Waals surface area contributed by atoms with Crippen molar-refractivity contribution < 1.29 is 27.8 Å². The Bertz CT molecular complexity index is 216. The largest absolute Gasteiger partial charge is 0.466 e. The highest BCUT2D eigenvalue weighted by Gasteiger charge is 2.39. The van der Waals surface area contributed by atoms with Crippen molar-refractivity contribution in [1.29, 1.82) is 0 Å². The lowest BCUT2D eigenvalue weighted by Crippen LogP contribution is -2.31. The summed E-state index contributed by atoms with van der Waals surface area (Å²) in [6.45, 7) is 2.19. The number of carbonyl (C=O) groups excluding carboxylic acids is 1. The van der Waals surface area contributed by atoms with Crippen LogP contribution in [0.4, 0.5) is 13.2 Å². The average Bonchev–Trinajstić information content (AvgIpc) is 2.21. The highest BCUT2D eigenvalue weighted by atomic mass is 19.4. The van der Waals surface area contributed by atoms with Gasteiger partial charge in [0.1, 0.15) is 0 Å². The number of ether oxygens (including phenoxy) is 1. The highest BCUT2D eigenvalue weighted by Crippen LogP contribution is 2.22. The Morgan fingerprint density at radius 3 is 2.35 bits per heavy atom. The van der Waals surface area contributed by atoms with Gasteiger partial charge in [-0.3, -0.25) is 4.79 Å². The van der Waals surface area contributed by atoms with Crippen LogP contribution in [0.15, 0.2) is 0 Å². The summed E-state index contributed by atoms with van der Waals surface area (Å²) < 4.78 is 40.2. The SMILES string of the molecule is CCCCCCCOC(=O)C[C@@H](O)C(F)(F)F. The zero-order valence-corrected chi connectivity index (χ0v) is 9.92. The second-order valence-electron chi connectivity index (χ2n) is 3.90. The minimum Gasteiger partial charge on any atom is -0.466 e. The number of unbranched alkanes of at least 4 members (excludes halogenated alkanes) is 4. The molecule has 0 aliphatic carbocycles. The quantitative estimate of drug-likeness (QED) is 0.536. The normalized spacial score (nSPS) is 13.5. The van der Waals surface area contributed by atoms with Crippen LogP contribution in [0.5, 0.6) is 0 Å². The van der Waals surface area contributed by atoms with Crippen LogP contribution in [0.25, 0.3) is 0 Å². The van der Waals surface area contributed by atoms with Crippen LogP contribution in [0.2, 0.25) is 0 Å². The molecule has 0 bridgehead atoms. The van der Waals surface area contributed by atoms with Gasteiger partial charge < -0.3 is 9.84 Å². The van der Waals surface area contributed by atoms with E-state index in [1.54, 1.807) is 0 Å². The molecule has 0 aromatic carbocycles. The standard InChI is InChI=1S/C11H19F3O3/c1-2-3-4-5-6-7-17-10(16)8-9(15)11(12,13)14/h9,15H,2-8H2,1H3/t9-/m1/s1. The van der Waals surface area contributed by atoms with E-state index in [1.165, 1.54) is 0 Å². The Balaban J connectivity index is 3.53. The Labute approximate surface area is 99.0 Å². The van der Waals surface area contributed by atoms with Gasteiger partial charge in [-0.1, -0.05) is 32.6 Å². The van der Waals surface area contributed by atoms with E-state index in [2.05, 4.69) is 11.7 Å². The molecule has 0 aliphatic heterocycles. The molecule has 17 heavy (non-hydrogen) atoms. The first kappa shape index (κ1) is 16.2. The molecule has 0 amide bonds. The molecular formula is C11H19F3O3. The van der Waals surface area contributed by atoms with Crippen molar-refractivity contribution in [3.63, 3.8) is 0 Å². The van der Waals surface area contributed by atoms with Crippen molar-refractivity contribution >= 4 is 5.97 Å². The second kappa shape index (κ2) is 8.33. The fourth-order valence-electron chi connectivity index (χ4n) is 1.22. The number of halogens is 3. The lowest BCUT2D eigenvalue weighted by atomic mass is 10.2. The van der Waals surface area contributed by atoms with E-state index >= 15 is 0 Å². The third kappa shape index (κ3) is 8.97. The first-order valence-electron chi connectivity index (χ1n) is 5.78. The summed E-state index contributed by atoms with van der Waals surface area (Å²) in [5, 5.41) is 8.60. The lowest BCUT2D eigenvalue weighted by molar-refractivity contribution is -0.209. The molecule has 0 saturated heterocycles. The molecule has 0 radical (unpaired) electrons. The predicted octanol–water partition coefficient (Wildman–Crippen LogP) is 2.81. The number of hydrogen-bond donors (Lipinski definition) is 1. The molecule has 0 spiro atoms. The molecule has 3 nitrogen and oxygen atoms in total. The number of esters is 1. The predicted molar refractivity (Wildman–Crippen MR) is 56.4 cm³/mol. The minimum absolute atomic E-state index is 0.118. The van der Waals surface area contributed by atoms with Crippen LogP contribution < -0.4 is 0 Å². The Morgan fingerprint density at radius 2 is 1.82 bits per heavy atom. The van der Waals surface area contributed by atoms with E-state index in [0.29, 0.717) is 6.42 Å². The van der Waals surface area contributed by atoms with Gasteiger partial charge in [-0.25, -0.2) is 0 Å². The third-order valence-electron chi connectivity index (χ3n) is 2.25. The molecule has 0 saturated carbocycles. The molecule has 102 valence electrons. The van der Waals surface area contributed by atoms with Crippen LogP contribution in [0.1, 0.15) is 45.4 Å². The summed E-state index contributed by atoms with van der Waals surface area (Å²) in [5.41, 5.74) is 0. The Morgan fingerprint density at radius 1 is 1.24 bits per heavy atom. The number of aliphatic hydroxyl groups excluding tert-OH is 1. The number of rotatable bonds is 8. The highest BCUT2D eigenvalue weighted by molar-refractivity contribution is 5.70. The maximum atomic E-state index is 11.9. The van der Waals surface area contributed by atoms with Gasteiger partial charge in [-0.2, -0.15) is 13.2 Å². The van der Waals surface area contributed by atoms with Crippen molar-refractivity contribution in [3.8, 4) is 0 Å². The topological polar surface area (TPSA) is 46.5 Å². The van der Waals surface area contributed by atoms with Gasteiger partial charge in [0.05, 0.1) is 13.0 Å². The van der Waals surface area contributed by atoms with Crippen molar-refractivity contribution in [2.75, 3.05) is 6.61 Å². The summed E-state index contributed by atoms with van der Waals surface area (Å²) >= 11 is 0. The van der Waals surface area contributed by atoms with Gasteiger partial charge in [-0.05, 0) is 6.42 Å². The molecule has 0 unspecified atom stereocenters. The van der Waals surface area contributed by atoms with Gasteiger partial charge >= 0.3 is 12.1 Å². The van der Waals surface area contributed by atoms with E-state index in [1.807, 2.05) is 0 Å². The van der Waals surface area contributed by atoms with E-state index in [4.69, 9.17) is 5.11 Å². The van der Waals surface area contributed by atoms with Crippen LogP contribution in [-0.2, 0) is 9.53 Å². The molecule has 0 heterocycles. The van der Waals surface area contributed by atoms with E-state index < -0.39 is 24.7 Å². The molecule has 1 atom stereocenters. The molecule has 0 aromatic rings. The van der Waals surface area contributed by atoms with Crippen molar-refractivity contribution in [1.82, 2.24) is 0 Å². The summed E-state index contributed by atoms with van der Waals surface area (Å²) in [5.74, 6) is -1.01. The number of hydrogen-bond acceptors (Lipinski definition) is 3. The Hall–Kier alpha value is -0.780. The van der Waals surface area contributed by atoms with E-state index in [9.17, 15) is 18.0 Å². The second-order valence-corrected chi connectivity index (χ2v) is 3.90. The number of alkyl halides is 3. The van der Waals surface area contributed by atoms with Gasteiger partial charge in [-0.15, -0.1) is 0 Å². The molecule has 1 N–H and O–H groups in total. The fraction of sp³-hybridized carbons (Fsp3) is 0.909. The summed E-state index contributed by atoms with van der Waals surface area (Å²) in [7, 11) is 0. The van der Waals surface area contributed by atoms with E-state index in [0.717, 1.165) is 25.7 Å². The average molecular weight is 256 g/mol. The summed E-state index contributed by atoms with van der Waals surface area (Å²) in [6.07, 6.45) is -3.66. The maximum Gasteiger partial charge on any atom is 0.414 e. The zero-order chi connectivity index (χ0) is 13.3. The Kier molecular flexibility index (Phi) is 7.95. The van der Waals surface area contributed by atoms with Crippen LogP contribution >= 0.6 is 0 Å². The van der Waals surface area contributed by atoms with Gasteiger partial charge in [0.2, 0.25) is 0 Å². The summed E-state index contributed by atoms with van der Waals surface area (Å²) in [6, 6.07) is 0. The smallest absolute Gasteiger partial charge is 0.414 e. The minimum atomic E-state index is -4.76. The molecule has 0 aromatic heterocycles. The molecular weight excluding hydrogens is 237 g/mol. The van der Waals surface area contributed by atoms with Crippen molar-refractivity contribution in [2.45, 2.75) is 57.7 Å². The monoisotopic (exact) mass is 256 g/mol. The van der Waals surface area contributed by atoms with Crippen LogP contribution in [0, 0.1) is 0 Å². The summed E-state index contributed by atoms with van der Waals surface area (Å²) in [4.78, 5) is 10.9. The van der Waals surface area contributed by atoms with Crippen LogP contribution in [0.3, 0.4) is 0 Å². The lowest BCUT2D eigenvalue weighted by Gasteiger charge is -2.13. The van der Waals surface area contributed by atoms with Crippen molar-refractivity contribution in [3.05, 3.63) is 0 Å². The zero-order valence-electron chi connectivity index (χ0n) is 9.92. The molecule has 6 heteroatoms. The molecule has 0 rings (SSSR count). The molecule has 0 fully saturated rings. The first-order valence-corrected chi connectivity index (χ1v) is 5.78. The maximum absolute atomic E-state index is 11.9. The number of carbonyl (C=O) groups is 1. The van der Waals surface area contributed by atoms with Gasteiger partial charge in [0, 0.05) is 0 Å². The molecule has 0 aliphatic rings. The van der Waals surface area contributed by atoms with Gasteiger partial charge in [0.15, 0.2) is 6.10 Å². The van der Waals surface area contributed by atoms with Gasteiger partial charge in [0.25, 0.3) is 0 Å². The number of aliphatic hydroxyl groups is 1. The van der Waals surface area contributed by atoms with Crippen molar-refractivity contribution in [2.24, 2.45) is 0 Å².